The molecule has 94 valence electrons. The average Bonchev–Trinajstić information content (AvgIpc) is 2.28. The van der Waals surface area contributed by atoms with Crippen molar-refractivity contribution in [2.45, 2.75) is 23.1 Å². The van der Waals surface area contributed by atoms with E-state index >= 15 is 0 Å². The first kappa shape index (κ1) is 13.1. The summed E-state index contributed by atoms with van der Waals surface area (Å²) in [6.45, 7) is 4.01. The van der Waals surface area contributed by atoms with Gasteiger partial charge in [-0.2, -0.15) is 0 Å². The Hall–Kier alpha value is -0.390. The maximum Gasteiger partial charge on any atom is 0.261 e. The van der Waals surface area contributed by atoms with Crippen molar-refractivity contribution in [3.63, 3.8) is 0 Å². The Balaban J connectivity index is 2.44. The summed E-state index contributed by atoms with van der Waals surface area (Å²) in [6, 6.07) is 5.10. The van der Waals surface area contributed by atoms with Gasteiger partial charge in [0.1, 0.15) is 0 Å². The molecule has 0 saturated carbocycles. The fraction of sp³-hybridized carbons (Fsp3) is 0.455. The summed E-state index contributed by atoms with van der Waals surface area (Å²) < 4.78 is 22.6. The second-order valence-corrected chi connectivity index (χ2v) is 7.61. The third-order valence-electron chi connectivity index (χ3n) is 2.66. The van der Waals surface area contributed by atoms with E-state index < -0.39 is 9.05 Å². The molecule has 0 saturated heterocycles. The fourth-order valence-electron chi connectivity index (χ4n) is 1.91. The molecule has 0 atom stereocenters. The van der Waals surface area contributed by atoms with Crippen LogP contribution in [0.25, 0.3) is 0 Å². The molecule has 0 spiro atoms. The Morgan fingerprint density at radius 1 is 1.47 bits per heavy atom. The zero-order valence-corrected chi connectivity index (χ0v) is 11.9. The number of benzene rings is 1. The van der Waals surface area contributed by atoms with Gasteiger partial charge in [0.05, 0.1) is 10.6 Å². The third kappa shape index (κ3) is 2.89. The summed E-state index contributed by atoms with van der Waals surface area (Å²) in [5, 5.41) is 0. The van der Waals surface area contributed by atoms with Crippen molar-refractivity contribution in [1.29, 1.82) is 0 Å². The predicted octanol–water partition coefficient (Wildman–Crippen LogP) is 2.94. The highest BCUT2D eigenvalue weighted by Crippen LogP contribution is 2.36. The van der Waals surface area contributed by atoms with E-state index in [0.29, 0.717) is 0 Å². The molecule has 6 heteroatoms. The zero-order chi connectivity index (χ0) is 12.5. The molecule has 1 aromatic rings. The molecule has 2 rings (SSSR count). The van der Waals surface area contributed by atoms with Crippen LogP contribution in [-0.4, -0.2) is 27.3 Å². The minimum Gasteiger partial charge on any atom is -0.370 e. The van der Waals surface area contributed by atoms with Gasteiger partial charge in [0, 0.05) is 34.4 Å². The van der Waals surface area contributed by atoms with Crippen LogP contribution in [0.5, 0.6) is 0 Å². The van der Waals surface area contributed by atoms with Gasteiger partial charge in [-0.25, -0.2) is 8.42 Å². The molecular weight excluding hydrogens is 278 g/mol. The predicted molar refractivity (Wildman–Crippen MR) is 72.7 cm³/mol. The molecule has 3 nitrogen and oxygen atoms in total. The van der Waals surface area contributed by atoms with Crippen molar-refractivity contribution in [1.82, 2.24) is 0 Å². The number of anilines is 1. The van der Waals surface area contributed by atoms with Crippen LogP contribution in [0.2, 0.25) is 0 Å². The lowest BCUT2D eigenvalue weighted by Gasteiger charge is -2.30. The van der Waals surface area contributed by atoms with E-state index in [0.717, 1.165) is 35.8 Å². The molecule has 0 aliphatic carbocycles. The number of fused-ring (bicyclic) bond motifs is 1. The monoisotopic (exact) mass is 291 g/mol. The highest BCUT2D eigenvalue weighted by atomic mass is 35.7. The summed E-state index contributed by atoms with van der Waals surface area (Å²) >= 11 is 1.76. The van der Waals surface area contributed by atoms with Gasteiger partial charge in [-0.1, -0.05) is 6.92 Å². The minimum absolute atomic E-state index is 0.182. The first-order valence-electron chi connectivity index (χ1n) is 5.49. The van der Waals surface area contributed by atoms with Crippen LogP contribution in [0.15, 0.2) is 28.0 Å². The Bertz CT molecular complexity index is 516. The van der Waals surface area contributed by atoms with Crippen LogP contribution in [0, 0.1) is 0 Å². The summed E-state index contributed by atoms with van der Waals surface area (Å²) in [6.07, 6.45) is 1.04. The smallest absolute Gasteiger partial charge is 0.261 e. The first-order chi connectivity index (χ1) is 8.02. The van der Waals surface area contributed by atoms with Gasteiger partial charge in [0.25, 0.3) is 9.05 Å². The molecule has 0 fully saturated rings. The Morgan fingerprint density at radius 3 is 2.88 bits per heavy atom. The van der Waals surface area contributed by atoms with Crippen molar-refractivity contribution in [3.05, 3.63) is 18.2 Å². The van der Waals surface area contributed by atoms with Crippen LogP contribution in [0.4, 0.5) is 5.69 Å². The molecule has 1 aliphatic heterocycles. The number of thioether (sulfide) groups is 1. The molecule has 1 aromatic carbocycles. The fourth-order valence-corrected chi connectivity index (χ4v) is 3.71. The van der Waals surface area contributed by atoms with Crippen molar-refractivity contribution in [3.8, 4) is 0 Å². The summed E-state index contributed by atoms with van der Waals surface area (Å²) in [7, 11) is 1.73. The molecule has 17 heavy (non-hydrogen) atoms. The van der Waals surface area contributed by atoms with Gasteiger partial charge in [0.15, 0.2) is 0 Å². The van der Waals surface area contributed by atoms with Crippen molar-refractivity contribution >= 4 is 37.2 Å². The van der Waals surface area contributed by atoms with E-state index in [1.54, 1.807) is 23.9 Å². The molecule has 0 bridgehead atoms. The number of hydrogen-bond donors (Lipinski definition) is 0. The highest BCUT2D eigenvalue weighted by molar-refractivity contribution is 8.13. The number of rotatable bonds is 3. The molecule has 0 unspecified atom stereocenters. The van der Waals surface area contributed by atoms with E-state index in [4.69, 9.17) is 10.7 Å². The van der Waals surface area contributed by atoms with E-state index in [-0.39, 0.29) is 4.90 Å². The number of nitrogens with zero attached hydrogens (tertiary/aromatic N) is 1. The first-order valence-corrected chi connectivity index (χ1v) is 8.78. The third-order valence-corrected chi connectivity index (χ3v) is 5.06. The second kappa shape index (κ2) is 5.08. The lowest BCUT2D eigenvalue weighted by molar-refractivity contribution is 0.609. The Labute approximate surface area is 111 Å². The van der Waals surface area contributed by atoms with E-state index in [1.165, 1.54) is 0 Å². The molecule has 0 radical (unpaired) electrons. The standard InChI is InChI=1S/C11H14ClNO2S2/c1-2-5-13-6-7-16-11-4-3-9(8-10(11)13)17(12,14)15/h3-4,8H,2,5-7H2,1H3. The van der Waals surface area contributed by atoms with Crippen LogP contribution in [0.1, 0.15) is 13.3 Å². The number of halogens is 1. The van der Waals surface area contributed by atoms with Crippen LogP contribution in [-0.2, 0) is 9.05 Å². The zero-order valence-electron chi connectivity index (χ0n) is 9.52. The lowest BCUT2D eigenvalue weighted by Crippen LogP contribution is -2.29. The van der Waals surface area contributed by atoms with Crippen LogP contribution in [0.3, 0.4) is 0 Å². The van der Waals surface area contributed by atoms with Gasteiger partial charge in [-0.05, 0) is 24.6 Å². The van der Waals surface area contributed by atoms with E-state index in [2.05, 4.69) is 11.8 Å². The highest BCUT2D eigenvalue weighted by Gasteiger charge is 2.20. The van der Waals surface area contributed by atoms with Gasteiger partial charge >= 0.3 is 0 Å². The SMILES string of the molecule is CCCN1CCSc2ccc(S(=O)(=O)Cl)cc21. The molecular formula is C11H14ClNO2S2. The topological polar surface area (TPSA) is 37.4 Å². The van der Waals surface area contributed by atoms with Crippen LogP contribution >= 0.6 is 22.4 Å². The maximum atomic E-state index is 11.3. The molecule has 0 aromatic heterocycles. The maximum absolute atomic E-state index is 11.3. The van der Waals surface area contributed by atoms with Crippen LogP contribution < -0.4 is 4.90 Å². The second-order valence-electron chi connectivity index (χ2n) is 3.90. The van der Waals surface area contributed by atoms with Gasteiger partial charge in [0.2, 0.25) is 0 Å². The minimum atomic E-state index is -3.64. The van der Waals surface area contributed by atoms with E-state index in [1.807, 2.05) is 6.07 Å². The average molecular weight is 292 g/mol. The summed E-state index contributed by atoms with van der Waals surface area (Å²) in [5.74, 6) is 1.04. The van der Waals surface area contributed by atoms with Crippen molar-refractivity contribution in [2.24, 2.45) is 0 Å². The normalized spacial score (nSPS) is 15.8. The summed E-state index contributed by atoms with van der Waals surface area (Å²) in [4.78, 5) is 3.53. The largest absolute Gasteiger partial charge is 0.370 e. The van der Waals surface area contributed by atoms with Crippen molar-refractivity contribution in [2.75, 3.05) is 23.7 Å². The quantitative estimate of drug-likeness (QED) is 0.803. The summed E-state index contributed by atoms with van der Waals surface area (Å²) in [5.41, 5.74) is 0.991. The number of hydrogen-bond acceptors (Lipinski definition) is 4. The van der Waals surface area contributed by atoms with E-state index in [9.17, 15) is 8.42 Å². The molecule has 0 N–H and O–H groups in total. The lowest BCUT2D eigenvalue weighted by atomic mass is 10.2. The van der Waals surface area contributed by atoms with Gasteiger partial charge in [-0.15, -0.1) is 11.8 Å². The molecule has 1 aliphatic rings. The van der Waals surface area contributed by atoms with Crippen molar-refractivity contribution < 1.29 is 8.42 Å². The Kier molecular flexibility index (Phi) is 3.90. The Morgan fingerprint density at radius 2 is 2.24 bits per heavy atom. The molecule has 0 amide bonds. The molecule has 1 heterocycles. The van der Waals surface area contributed by atoms with Gasteiger partial charge < -0.3 is 4.90 Å². The van der Waals surface area contributed by atoms with Gasteiger partial charge in [-0.3, -0.25) is 0 Å².